The third-order valence-electron chi connectivity index (χ3n) is 4.44. The summed E-state index contributed by atoms with van der Waals surface area (Å²) in [5, 5.41) is 10.7. The Morgan fingerprint density at radius 3 is 2.62 bits per heavy atom. The van der Waals surface area contributed by atoms with E-state index in [0.717, 1.165) is 5.39 Å². The summed E-state index contributed by atoms with van der Waals surface area (Å²) in [7, 11) is 0. The molecule has 0 unspecified atom stereocenters. The molecule has 5 aromatic rings. The molecule has 0 saturated heterocycles. The molecule has 0 amide bonds. The van der Waals surface area contributed by atoms with E-state index >= 15 is 0 Å². The summed E-state index contributed by atoms with van der Waals surface area (Å²) in [6.07, 6.45) is 3.20. The van der Waals surface area contributed by atoms with Crippen molar-refractivity contribution >= 4 is 38.3 Å². The highest BCUT2D eigenvalue weighted by Crippen LogP contribution is 2.26. The molecule has 5 rings (SSSR count). The molecule has 1 N–H and O–H groups in total. The molecule has 4 aromatic heterocycles. The zero-order valence-corrected chi connectivity index (χ0v) is 16.1. The lowest BCUT2D eigenvalue weighted by molar-refractivity contribution is 0.480. The van der Waals surface area contributed by atoms with Crippen molar-refractivity contribution in [2.24, 2.45) is 0 Å². The molecule has 4 heterocycles. The lowest BCUT2D eigenvalue weighted by Gasteiger charge is -2.10. The molecule has 0 atom stereocenters. The van der Waals surface area contributed by atoms with Gasteiger partial charge in [0.1, 0.15) is 33.4 Å². The largest absolute Gasteiger partial charge is 0.511 e. The fourth-order valence-corrected chi connectivity index (χ4v) is 4.19. The van der Waals surface area contributed by atoms with Crippen LogP contribution < -0.4 is 15.0 Å². The number of aliphatic hydroxyl groups excluding tert-OH is 1. The maximum Gasteiger partial charge on any atom is 0.354 e. The van der Waals surface area contributed by atoms with E-state index in [9.17, 15) is 9.90 Å². The Hall–Kier alpha value is -3.78. The van der Waals surface area contributed by atoms with E-state index in [4.69, 9.17) is 4.74 Å². The number of rotatable bonds is 3. The highest BCUT2D eigenvalue weighted by molar-refractivity contribution is 7.17. The summed E-state index contributed by atoms with van der Waals surface area (Å²) in [5.41, 5.74) is 0.617. The standard InChI is InChI=1S/C21H14N4O3S/c1-12(26)19-18-17-15(9-10-22-20(17)29-19)25(21(27)24-18)16-8-7-14(11-23-16)28-13-5-3-2-4-6-13/h2-11,26H,1H3. The van der Waals surface area contributed by atoms with Gasteiger partial charge in [-0.25, -0.2) is 19.3 Å². The first-order valence-electron chi connectivity index (χ1n) is 8.81. The first-order valence-corrected chi connectivity index (χ1v) is 9.62. The second-order valence-corrected chi connectivity index (χ2v) is 7.37. The van der Waals surface area contributed by atoms with Gasteiger partial charge in [0.2, 0.25) is 0 Å². The Morgan fingerprint density at radius 1 is 1.07 bits per heavy atom. The van der Waals surface area contributed by atoms with E-state index in [1.54, 1.807) is 37.5 Å². The zero-order valence-electron chi connectivity index (χ0n) is 15.2. The summed E-state index contributed by atoms with van der Waals surface area (Å²) in [4.78, 5) is 26.5. The van der Waals surface area contributed by atoms with Crippen LogP contribution in [0.2, 0.25) is 0 Å². The van der Waals surface area contributed by atoms with Gasteiger partial charge in [0.15, 0.2) is 0 Å². The zero-order chi connectivity index (χ0) is 20.0. The minimum Gasteiger partial charge on any atom is -0.511 e. The van der Waals surface area contributed by atoms with Crippen LogP contribution in [-0.4, -0.2) is 24.6 Å². The molecule has 0 fully saturated rings. The number of benzene rings is 1. The number of hydrogen-bond acceptors (Lipinski definition) is 7. The lowest BCUT2D eigenvalue weighted by atomic mass is 10.2. The maximum atomic E-state index is 12.8. The van der Waals surface area contributed by atoms with Gasteiger partial charge in [-0.2, -0.15) is 4.98 Å². The molecule has 0 radical (unpaired) electrons. The second-order valence-electron chi connectivity index (χ2n) is 6.37. The SMILES string of the molecule is CC(O)=c1sc2nccc3c2c1nc(=O)n3-c1ccc(Oc2ccccc2)cn1. The molecule has 0 aliphatic heterocycles. The Bertz CT molecular complexity index is 1450. The minimum atomic E-state index is -0.477. The van der Waals surface area contributed by atoms with Gasteiger partial charge in [0, 0.05) is 6.20 Å². The van der Waals surface area contributed by atoms with Gasteiger partial charge in [-0.1, -0.05) is 18.2 Å². The molecule has 0 saturated carbocycles. The van der Waals surface area contributed by atoms with Gasteiger partial charge in [-0.15, -0.1) is 11.3 Å². The van der Waals surface area contributed by atoms with Crippen LogP contribution in [0.3, 0.4) is 0 Å². The van der Waals surface area contributed by atoms with Crippen molar-refractivity contribution in [2.45, 2.75) is 6.92 Å². The van der Waals surface area contributed by atoms with E-state index in [1.165, 1.54) is 15.9 Å². The van der Waals surface area contributed by atoms with Crippen molar-refractivity contribution in [3.63, 3.8) is 0 Å². The average Bonchev–Trinajstić information content (AvgIpc) is 3.10. The summed E-state index contributed by atoms with van der Waals surface area (Å²) in [6.45, 7) is 1.57. The molecule has 0 aliphatic rings. The number of aliphatic hydroxyl groups is 1. The Balaban J connectivity index is 1.66. The fourth-order valence-electron chi connectivity index (χ4n) is 3.19. The number of hydrogen-bond donors (Lipinski definition) is 1. The van der Waals surface area contributed by atoms with E-state index in [-0.39, 0.29) is 5.76 Å². The fraction of sp³-hybridized carbons (Fsp3) is 0.0476. The first-order chi connectivity index (χ1) is 14.1. The van der Waals surface area contributed by atoms with Crippen molar-refractivity contribution < 1.29 is 9.84 Å². The predicted molar refractivity (Wildman–Crippen MR) is 112 cm³/mol. The Labute approximate surface area is 168 Å². The van der Waals surface area contributed by atoms with Crippen molar-refractivity contribution in [3.05, 3.63) is 75.9 Å². The molecule has 0 bridgehead atoms. The Kier molecular flexibility index (Phi) is 3.99. The molecule has 0 spiro atoms. The molecular weight excluding hydrogens is 388 g/mol. The van der Waals surface area contributed by atoms with Crippen LogP contribution in [0.4, 0.5) is 0 Å². The van der Waals surface area contributed by atoms with Gasteiger partial charge in [-0.3, -0.25) is 0 Å². The van der Waals surface area contributed by atoms with Crippen molar-refractivity contribution in [1.82, 2.24) is 19.5 Å². The van der Waals surface area contributed by atoms with E-state index in [2.05, 4.69) is 15.0 Å². The third kappa shape index (κ3) is 2.90. The maximum absolute atomic E-state index is 12.8. The van der Waals surface area contributed by atoms with Gasteiger partial charge < -0.3 is 9.84 Å². The number of aromatic nitrogens is 4. The Morgan fingerprint density at radius 2 is 1.90 bits per heavy atom. The van der Waals surface area contributed by atoms with Crippen molar-refractivity contribution in [2.75, 3.05) is 0 Å². The highest BCUT2D eigenvalue weighted by Gasteiger charge is 2.17. The smallest absolute Gasteiger partial charge is 0.354 e. The van der Waals surface area contributed by atoms with E-state index in [1.807, 2.05) is 30.3 Å². The lowest BCUT2D eigenvalue weighted by Crippen LogP contribution is -2.23. The van der Waals surface area contributed by atoms with Crippen LogP contribution in [0.1, 0.15) is 6.92 Å². The topological polar surface area (TPSA) is 90.1 Å². The van der Waals surface area contributed by atoms with Crippen molar-refractivity contribution in [1.29, 1.82) is 0 Å². The van der Waals surface area contributed by atoms with Crippen LogP contribution in [0.15, 0.2) is 65.7 Å². The minimum absolute atomic E-state index is 0.111. The normalized spacial score (nSPS) is 12.4. The van der Waals surface area contributed by atoms with Crippen LogP contribution in [0.5, 0.6) is 11.5 Å². The van der Waals surface area contributed by atoms with Crippen LogP contribution in [-0.2, 0) is 0 Å². The number of para-hydroxylation sites is 1. The molecule has 8 heteroatoms. The van der Waals surface area contributed by atoms with Gasteiger partial charge in [0.05, 0.1) is 21.6 Å². The summed E-state index contributed by atoms with van der Waals surface area (Å²) >= 11 is 1.30. The molecule has 7 nitrogen and oxygen atoms in total. The summed E-state index contributed by atoms with van der Waals surface area (Å²) in [6, 6.07) is 14.6. The third-order valence-corrected chi connectivity index (χ3v) is 5.64. The van der Waals surface area contributed by atoms with Gasteiger partial charge in [0.25, 0.3) is 0 Å². The monoisotopic (exact) mass is 402 g/mol. The molecule has 1 aromatic carbocycles. The molecule has 29 heavy (non-hydrogen) atoms. The number of thiophene rings is 1. The molecular formula is C21H14N4O3S. The van der Waals surface area contributed by atoms with E-state index in [0.29, 0.717) is 37.7 Å². The summed E-state index contributed by atoms with van der Waals surface area (Å²) in [5.74, 6) is 1.80. The van der Waals surface area contributed by atoms with Gasteiger partial charge >= 0.3 is 5.69 Å². The van der Waals surface area contributed by atoms with Crippen molar-refractivity contribution in [3.8, 4) is 17.3 Å². The molecule has 142 valence electrons. The van der Waals surface area contributed by atoms with Crippen LogP contribution in [0, 0.1) is 0 Å². The first kappa shape index (κ1) is 17.3. The predicted octanol–water partition coefficient (Wildman–Crippen LogP) is 3.59. The number of nitrogens with zero attached hydrogens (tertiary/aromatic N) is 4. The number of ether oxygens (including phenoxy) is 1. The van der Waals surface area contributed by atoms with Crippen LogP contribution >= 0.6 is 11.3 Å². The second kappa shape index (κ2) is 6.68. The van der Waals surface area contributed by atoms with Crippen LogP contribution in [0.25, 0.3) is 32.8 Å². The molecule has 0 aliphatic carbocycles. The van der Waals surface area contributed by atoms with Gasteiger partial charge in [-0.05, 0) is 37.3 Å². The highest BCUT2D eigenvalue weighted by atomic mass is 32.1. The quantitative estimate of drug-likeness (QED) is 0.496. The average molecular weight is 402 g/mol. The van der Waals surface area contributed by atoms with E-state index < -0.39 is 5.69 Å². The summed E-state index contributed by atoms with van der Waals surface area (Å²) < 4.78 is 7.75. The number of pyridine rings is 2.